The second kappa shape index (κ2) is 6.92. The maximum atomic E-state index is 14.5. The van der Waals surface area contributed by atoms with Crippen LogP contribution in [0.25, 0.3) is 0 Å². The number of amides is 1. The van der Waals surface area contributed by atoms with Gasteiger partial charge in [0.15, 0.2) is 0 Å². The zero-order valence-corrected chi connectivity index (χ0v) is 15.8. The second-order valence-electron chi connectivity index (χ2n) is 7.85. The van der Waals surface area contributed by atoms with Crippen molar-refractivity contribution >= 4 is 5.91 Å². The molecule has 0 spiro atoms. The van der Waals surface area contributed by atoms with Gasteiger partial charge in [0.1, 0.15) is 11.3 Å². The Morgan fingerprint density at radius 3 is 2.61 bits per heavy atom. The third-order valence-corrected chi connectivity index (χ3v) is 5.52. The van der Waals surface area contributed by atoms with E-state index in [0.29, 0.717) is 17.9 Å². The fourth-order valence-corrected chi connectivity index (χ4v) is 3.76. The Morgan fingerprint density at radius 1 is 1.36 bits per heavy atom. The first-order chi connectivity index (χ1) is 13.3. The summed E-state index contributed by atoms with van der Waals surface area (Å²) in [6.45, 7) is 3.52. The summed E-state index contributed by atoms with van der Waals surface area (Å²) in [5, 5.41) is 3.51. The number of nitrogens with zero attached hydrogens (tertiary/aromatic N) is 3. The van der Waals surface area contributed by atoms with E-state index in [0.717, 1.165) is 24.0 Å². The second-order valence-corrected chi connectivity index (χ2v) is 7.85. The minimum Gasteiger partial charge on any atom is -0.379 e. The van der Waals surface area contributed by atoms with Crippen LogP contribution >= 0.6 is 0 Å². The summed E-state index contributed by atoms with van der Waals surface area (Å²) in [5.74, 6) is -1.76. The highest BCUT2D eigenvalue weighted by Gasteiger charge is 2.40. The van der Waals surface area contributed by atoms with Crippen LogP contribution in [-0.2, 0) is 23.7 Å². The van der Waals surface area contributed by atoms with Crippen LogP contribution < -0.4 is 0 Å². The van der Waals surface area contributed by atoms with Crippen LogP contribution in [0.15, 0.2) is 24.3 Å². The molecule has 2 aliphatic rings. The lowest BCUT2D eigenvalue weighted by Gasteiger charge is -2.40. The van der Waals surface area contributed by atoms with E-state index in [1.807, 2.05) is 24.3 Å². The number of hydrogen-bond donors (Lipinski definition) is 0. The number of carbonyl (C=O) groups excluding carboxylic acids is 1. The minimum atomic E-state index is -3.02. The number of aryl methyl sites for hydroxylation is 1. The lowest BCUT2D eigenvalue weighted by atomic mass is 9.78. The molecule has 5 nitrogen and oxygen atoms in total. The normalized spacial score (nSPS) is 18.2. The molecule has 0 bridgehead atoms. The molecule has 2 heterocycles. The molecule has 1 saturated carbocycles. The van der Waals surface area contributed by atoms with Gasteiger partial charge in [-0.15, -0.1) is 0 Å². The molecule has 0 unspecified atom stereocenters. The number of hydrogen-bond acceptors (Lipinski definition) is 3. The number of halogens is 3. The highest BCUT2D eigenvalue weighted by molar-refractivity contribution is 5.96. The van der Waals surface area contributed by atoms with E-state index in [-0.39, 0.29) is 18.0 Å². The van der Waals surface area contributed by atoms with Crippen LogP contribution in [0.3, 0.4) is 0 Å². The van der Waals surface area contributed by atoms with Gasteiger partial charge in [-0.3, -0.25) is 4.79 Å². The van der Waals surface area contributed by atoms with Gasteiger partial charge in [0, 0.05) is 25.0 Å². The molecule has 28 heavy (non-hydrogen) atoms. The SMILES string of the molecule is Cn1nc(C(F)F)c(C(=O)N(Cc2ccccc2C2(C)COC2)C2CC2)c1F. The molecule has 0 atom stereocenters. The highest BCUT2D eigenvalue weighted by atomic mass is 19.3. The largest absolute Gasteiger partial charge is 0.379 e. The van der Waals surface area contributed by atoms with E-state index in [1.54, 1.807) is 0 Å². The topological polar surface area (TPSA) is 47.4 Å². The van der Waals surface area contributed by atoms with E-state index in [2.05, 4.69) is 12.0 Å². The molecule has 8 heteroatoms. The zero-order chi connectivity index (χ0) is 20.1. The van der Waals surface area contributed by atoms with Gasteiger partial charge in [-0.05, 0) is 24.0 Å². The van der Waals surface area contributed by atoms with Crippen LogP contribution in [0, 0.1) is 5.95 Å². The Balaban J connectivity index is 1.68. The molecule has 1 aromatic heterocycles. The van der Waals surface area contributed by atoms with Crippen molar-refractivity contribution < 1.29 is 22.7 Å². The van der Waals surface area contributed by atoms with Gasteiger partial charge in [0.2, 0.25) is 5.95 Å². The maximum Gasteiger partial charge on any atom is 0.283 e. The van der Waals surface area contributed by atoms with E-state index in [4.69, 9.17) is 4.74 Å². The van der Waals surface area contributed by atoms with E-state index < -0.39 is 29.5 Å². The van der Waals surface area contributed by atoms with Crippen molar-refractivity contribution in [2.75, 3.05) is 13.2 Å². The predicted octanol–water partition coefficient (Wildman–Crippen LogP) is 3.59. The van der Waals surface area contributed by atoms with Gasteiger partial charge in [0.05, 0.1) is 13.2 Å². The quantitative estimate of drug-likeness (QED) is 0.754. The summed E-state index contributed by atoms with van der Waals surface area (Å²) >= 11 is 0. The maximum absolute atomic E-state index is 14.5. The Hall–Kier alpha value is -2.35. The monoisotopic (exact) mass is 393 g/mol. The Morgan fingerprint density at radius 2 is 2.04 bits per heavy atom. The van der Waals surface area contributed by atoms with Gasteiger partial charge in [-0.2, -0.15) is 9.49 Å². The molecule has 1 saturated heterocycles. The average Bonchev–Trinajstić information content (AvgIpc) is 3.43. The highest BCUT2D eigenvalue weighted by Crippen LogP contribution is 2.37. The molecule has 2 fully saturated rings. The van der Waals surface area contributed by atoms with E-state index in [1.165, 1.54) is 11.9 Å². The van der Waals surface area contributed by atoms with Crippen LogP contribution in [-0.4, -0.2) is 39.8 Å². The molecule has 1 amide bonds. The Kier molecular flexibility index (Phi) is 4.69. The van der Waals surface area contributed by atoms with E-state index in [9.17, 15) is 18.0 Å². The fourth-order valence-electron chi connectivity index (χ4n) is 3.76. The summed E-state index contributed by atoms with van der Waals surface area (Å²) in [4.78, 5) is 14.6. The summed E-state index contributed by atoms with van der Waals surface area (Å²) in [6, 6.07) is 7.67. The smallest absolute Gasteiger partial charge is 0.283 e. The van der Waals surface area contributed by atoms with Gasteiger partial charge >= 0.3 is 0 Å². The van der Waals surface area contributed by atoms with Gasteiger partial charge in [-0.25, -0.2) is 13.5 Å². The molecular formula is C20H22F3N3O2. The first-order valence-electron chi connectivity index (χ1n) is 9.29. The number of aromatic nitrogens is 2. The summed E-state index contributed by atoms with van der Waals surface area (Å²) < 4.78 is 47.2. The molecule has 0 N–H and O–H groups in total. The van der Waals surface area contributed by atoms with Crippen LogP contribution in [0.1, 0.15) is 53.4 Å². The first-order valence-corrected chi connectivity index (χ1v) is 9.29. The van der Waals surface area contributed by atoms with Crippen LogP contribution in [0.5, 0.6) is 0 Å². The third kappa shape index (κ3) is 3.19. The summed E-state index contributed by atoms with van der Waals surface area (Å²) in [6.07, 6.45) is -1.46. The van der Waals surface area contributed by atoms with Gasteiger partial charge in [-0.1, -0.05) is 31.2 Å². The van der Waals surface area contributed by atoms with Crippen molar-refractivity contribution in [3.8, 4) is 0 Å². The number of ether oxygens (including phenoxy) is 1. The third-order valence-electron chi connectivity index (χ3n) is 5.52. The van der Waals surface area contributed by atoms with Crippen LogP contribution in [0.4, 0.5) is 13.2 Å². The minimum absolute atomic E-state index is 0.0730. The first kappa shape index (κ1) is 19.0. The molecule has 1 aliphatic heterocycles. The Labute approximate surface area is 161 Å². The lowest BCUT2D eigenvalue weighted by molar-refractivity contribution is -0.0506. The number of alkyl halides is 2. The van der Waals surface area contributed by atoms with Crippen LogP contribution in [0.2, 0.25) is 0 Å². The average molecular weight is 393 g/mol. The van der Waals surface area contributed by atoms with Gasteiger partial charge < -0.3 is 9.64 Å². The number of rotatable bonds is 6. The molecular weight excluding hydrogens is 371 g/mol. The van der Waals surface area contributed by atoms with E-state index >= 15 is 0 Å². The van der Waals surface area contributed by atoms with Crippen molar-refractivity contribution in [3.63, 3.8) is 0 Å². The fraction of sp³-hybridized carbons (Fsp3) is 0.500. The summed E-state index contributed by atoms with van der Waals surface area (Å²) in [7, 11) is 1.21. The molecule has 150 valence electrons. The molecule has 1 aliphatic carbocycles. The van der Waals surface area contributed by atoms with Gasteiger partial charge in [0.25, 0.3) is 12.3 Å². The van der Waals surface area contributed by atoms with Crippen molar-refractivity contribution in [1.82, 2.24) is 14.7 Å². The summed E-state index contributed by atoms with van der Waals surface area (Å²) in [5.41, 5.74) is 0.433. The zero-order valence-electron chi connectivity index (χ0n) is 15.8. The van der Waals surface area contributed by atoms with Crippen molar-refractivity contribution in [3.05, 3.63) is 52.6 Å². The van der Waals surface area contributed by atoms with Crippen molar-refractivity contribution in [2.24, 2.45) is 7.05 Å². The molecule has 2 aromatic rings. The van der Waals surface area contributed by atoms with Crippen molar-refractivity contribution in [1.29, 1.82) is 0 Å². The molecule has 4 rings (SSSR count). The Bertz CT molecular complexity index is 904. The number of benzene rings is 1. The number of carbonyl (C=O) groups is 1. The standard InChI is InChI=1S/C20H22F3N3O2/c1-20(10-28-11-20)14-6-4-3-5-12(14)9-26(13-7-8-13)19(27)15-16(17(21)22)24-25(2)18(15)23/h3-6,13,17H,7-11H2,1-2H3. The van der Waals surface area contributed by atoms with Crippen molar-refractivity contribution in [2.45, 2.75) is 44.2 Å². The molecule has 0 radical (unpaired) electrons. The molecule has 1 aromatic carbocycles. The predicted molar refractivity (Wildman–Crippen MR) is 95.6 cm³/mol. The lowest BCUT2D eigenvalue weighted by Crippen LogP contribution is -2.45.